The van der Waals surface area contributed by atoms with E-state index in [9.17, 15) is 5.26 Å². The Kier molecular flexibility index (Phi) is 5.83. The lowest BCUT2D eigenvalue weighted by Crippen LogP contribution is -2.32. The summed E-state index contributed by atoms with van der Waals surface area (Å²) in [5, 5.41) is 18.7. The maximum atomic E-state index is 9.51. The topological polar surface area (TPSA) is 88.2 Å². The molecule has 3 aromatic heterocycles. The number of anilines is 1. The minimum Gasteiger partial charge on any atom is -0.396 e. The highest BCUT2D eigenvalue weighted by molar-refractivity contribution is 7.99. The first-order chi connectivity index (χ1) is 16.0. The van der Waals surface area contributed by atoms with Crippen LogP contribution in [-0.4, -0.2) is 44.4 Å². The summed E-state index contributed by atoms with van der Waals surface area (Å²) >= 11 is 1.54. The number of hydrogen-bond acceptors (Lipinski definition) is 6. The Hall–Kier alpha value is -3.28. The average molecular weight is 458 g/mol. The fraction of sp³-hybridized carbons (Fsp3) is 0.320. The van der Waals surface area contributed by atoms with Crippen molar-refractivity contribution in [2.24, 2.45) is 0 Å². The quantitative estimate of drug-likeness (QED) is 0.461. The molecule has 0 saturated heterocycles. The van der Waals surface area contributed by atoms with Crippen molar-refractivity contribution in [1.29, 1.82) is 5.26 Å². The van der Waals surface area contributed by atoms with E-state index in [4.69, 9.17) is 10.8 Å². The summed E-state index contributed by atoms with van der Waals surface area (Å²) in [7, 11) is 4.33. The van der Waals surface area contributed by atoms with Gasteiger partial charge in [-0.25, -0.2) is 4.52 Å². The predicted octanol–water partition coefficient (Wildman–Crippen LogP) is 4.85. The van der Waals surface area contributed by atoms with Crippen LogP contribution in [0.1, 0.15) is 37.3 Å². The molecule has 7 nitrogen and oxygen atoms in total. The van der Waals surface area contributed by atoms with Gasteiger partial charge in [0.2, 0.25) is 0 Å². The van der Waals surface area contributed by atoms with E-state index < -0.39 is 0 Å². The van der Waals surface area contributed by atoms with Crippen LogP contribution in [0, 0.1) is 11.3 Å². The summed E-state index contributed by atoms with van der Waals surface area (Å²) in [5.74, 6) is 0. The third-order valence-corrected chi connectivity index (χ3v) is 7.65. The summed E-state index contributed by atoms with van der Waals surface area (Å²) in [6.45, 7) is 0. The third-order valence-electron chi connectivity index (χ3n) is 6.54. The number of benzene rings is 1. The molecular weight excluding hydrogens is 430 g/mol. The van der Waals surface area contributed by atoms with Gasteiger partial charge in [-0.2, -0.15) is 15.5 Å². The van der Waals surface area contributed by atoms with Crippen molar-refractivity contribution in [3.63, 3.8) is 0 Å². The Balaban J connectivity index is 1.47. The maximum absolute atomic E-state index is 9.51. The van der Waals surface area contributed by atoms with Crippen LogP contribution in [0.3, 0.4) is 0 Å². The Morgan fingerprint density at radius 2 is 1.82 bits per heavy atom. The molecule has 33 heavy (non-hydrogen) atoms. The number of nitrogens with zero attached hydrogens (tertiary/aromatic N) is 6. The molecule has 0 spiro atoms. The first-order valence-corrected chi connectivity index (χ1v) is 12.0. The highest BCUT2D eigenvalue weighted by Crippen LogP contribution is 2.38. The van der Waals surface area contributed by atoms with E-state index in [2.05, 4.69) is 47.1 Å². The zero-order chi connectivity index (χ0) is 22.9. The van der Waals surface area contributed by atoms with Crippen LogP contribution in [-0.2, 0) is 0 Å². The number of pyridine rings is 1. The number of nitrogens with two attached hydrogens (primary N) is 1. The number of hydrogen-bond donors (Lipinski definition) is 1. The van der Waals surface area contributed by atoms with Crippen LogP contribution in [0.2, 0.25) is 0 Å². The SMILES string of the molecule is CN(C)[C@H]1CC[C@@H](n2cc(-c3cc(Sc4ccccc4C#N)c4c(N)cnn4c3)cn2)CC1. The lowest BCUT2D eigenvalue weighted by atomic mass is 9.91. The van der Waals surface area contributed by atoms with E-state index in [-0.39, 0.29) is 0 Å². The van der Waals surface area contributed by atoms with Gasteiger partial charge in [-0.05, 0) is 58.0 Å². The van der Waals surface area contributed by atoms with Crippen LogP contribution in [0.25, 0.3) is 16.6 Å². The van der Waals surface area contributed by atoms with E-state index in [1.165, 1.54) is 24.6 Å². The molecule has 0 bridgehead atoms. The van der Waals surface area contributed by atoms with E-state index >= 15 is 0 Å². The van der Waals surface area contributed by atoms with E-state index in [0.717, 1.165) is 39.3 Å². The maximum Gasteiger partial charge on any atom is 0.103 e. The molecule has 1 saturated carbocycles. The first-order valence-electron chi connectivity index (χ1n) is 11.2. The summed E-state index contributed by atoms with van der Waals surface area (Å²) in [5.41, 5.74) is 10.4. The summed E-state index contributed by atoms with van der Waals surface area (Å²) in [6, 6.07) is 13.1. The van der Waals surface area contributed by atoms with Crippen molar-refractivity contribution in [2.75, 3.05) is 19.8 Å². The lowest BCUT2D eigenvalue weighted by molar-refractivity contribution is 0.189. The molecule has 2 N–H and O–H groups in total. The van der Waals surface area contributed by atoms with Gasteiger partial charge in [-0.15, -0.1) is 0 Å². The van der Waals surface area contributed by atoms with Crippen molar-refractivity contribution in [3.8, 4) is 17.2 Å². The number of fused-ring (bicyclic) bond motifs is 1. The molecule has 0 radical (unpaired) electrons. The van der Waals surface area contributed by atoms with Gasteiger partial charge in [0, 0.05) is 39.4 Å². The van der Waals surface area contributed by atoms with Crippen LogP contribution in [0.4, 0.5) is 5.69 Å². The number of aromatic nitrogens is 4. The van der Waals surface area contributed by atoms with Gasteiger partial charge in [-0.1, -0.05) is 23.9 Å². The largest absolute Gasteiger partial charge is 0.396 e. The van der Waals surface area contributed by atoms with Gasteiger partial charge in [0.05, 0.1) is 29.7 Å². The Bertz CT molecular complexity index is 1320. The molecule has 1 aromatic carbocycles. The molecule has 168 valence electrons. The Morgan fingerprint density at radius 1 is 1.03 bits per heavy atom. The molecule has 1 aliphatic rings. The summed E-state index contributed by atoms with van der Waals surface area (Å²) < 4.78 is 3.95. The fourth-order valence-electron chi connectivity index (χ4n) is 4.64. The molecule has 5 rings (SSSR count). The van der Waals surface area contributed by atoms with E-state index in [0.29, 0.717) is 23.3 Å². The smallest absolute Gasteiger partial charge is 0.103 e. The van der Waals surface area contributed by atoms with E-state index in [1.54, 1.807) is 6.20 Å². The molecule has 8 heteroatoms. The van der Waals surface area contributed by atoms with Crippen LogP contribution in [0.15, 0.2) is 64.9 Å². The second kappa shape index (κ2) is 8.93. The molecular formula is C25H27N7S. The number of nitrogen functional groups attached to an aromatic ring is 1. The minimum absolute atomic E-state index is 0.440. The van der Waals surface area contributed by atoms with Crippen LogP contribution >= 0.6 is 11.8 Å². The lowest BCUT2D eigenvalue weighted by Gasteiger charge is -2.32. The zero-order valence-corrected chi connectivity index (χ0v) is 19.7. The molecule has 1 fully saturated rings. The van der Waals surface area contributed by atoms with Gasteiger partial charge in [0.1, 0.15) is 11.6 Å². The minimum atomic E-state index is 0.440. The van der Waals surface area contributed by atoms with Crippen LogP contribution in [0.5, 0.6) is 0 Å². The number of rotatable bonds is 5. The Morgan fingerprint density at radius 3 is 2.58 bits per heavy atom. The monoisotopic (exact) mass is 457 g/mol. The molecule has 4 aromatic rings. The highest BCUT2D eigenvalue weighted by Gasteiger charge is 2.24. The normalized spacial score (nSPS) is 18.6. The standard InChI is InChI=1S/C25H27N7S/c1-30(2)20-7-9-21(10-8-20)31-16-19(13-28-31)18-11-24(25-22(27)14-29-32(25)15-18)33-23-6-4-3-5-17(23)12-26/h3-6,11,13-16,20-21H,7-10,27H2,1-2H3/t20-,21+. The van der Waals surface area contributed by atoms with Crippen LogP contribution < -0.4 is 5.73 Å². The van der Waals surface area contributed by atoms with Crippen molar-refractivity contribution in [3.05, 3.63) is 60.7 Å². The molecule has 0 amide bonds. The second-order valence-electron chi connectivity index (χ2n) is 8.83. The second-order valence-corrected chi connectivity index (χ2v) is 9.91. The molecule has 1 aliphatic carbocycles. The summed E-state index contributed by atoms with van der Waals surface area (Å²) in [6.07, 6.45) is 12.4. The van der Waals surface area contributed by atoms with Crippen molar-refractivity contribution >= 4 is 23.0 Å². The van der Waals surface area contributed by atoms with Gasteiger partial charge < -0.3 is 10.6 Å². The number of nitriles is 1. The first kappa shape index (κ1) is 21.6. The molecule has 0 aliphatic heterocycles. The van der Waals surface area contributed by atoms with Crippen molar-refractivity contribution in [2.45, 2.75) is 47.6 Å². The van der Waals surface area contributed by atoms with Crippen molar-refractivity contribution < 1.29 is 0 Å². The molecule has 3 heterocycles. The predicted molar refractivity (Wildman–Crippen MR) is 131 cm³/mol. The van der Waals surface area contributed by atoms with E-state index in [1.807, 2.05) is 41.2 Å². The van der Waals surface area contributed by atoms with Gasteiger partial charge in [-0.3, -0.25) is 4.68 Å². The van der Waals surface area contributed by atoms with Gasteiger partial charge in [0.15, 0.2) is 0 Å². The van der Waals surface area contributed by atoms with Gasteiger partial charge in [0.25, 0.3) is 0 Å². The average Bonchev–Trinajstić information content (AvgIpc) is 3.47. The summed E-state index contributed by atoms with van der Waals surface area (Å²) in [4.78, 5) is 4.19. The third kappa shape index (κ3) is 4.22. The highest BCUT2D eigenvalue weighted by atomic mass is 32.2. The fourth-order valence-corrected chi connectivity index (χ4v) is 5.74. The molecule has 0 unspecified atom stereocenters. The van der Waals surface area contributed by atoms with Crippen molar-refractivity contribution in [1.82, 2.24) is 24.3 Å². The van der Waals surface area contributed by atoms with Gasteiger partial charge >= 0.3 is 0 Å². The Labute approximate surface area is 197 Å². The molecule has 0 atom stereocenters. The zero-order valence-electron chi connectivity index (χ0n) is 18.8.